The lowest BCUT2D eigenvalue weighted by Gasteiger charge is -2.24. The molecule has 0 spiro atoms. The summed E-state index contributed by atoms with van der Waals surface area (Å²) in [6.07, 6.45) is 1.01. The Morgan fingerprint density at radius 1 is 1.31 bits per heavy atom. The highest BCUT2D eigenvalue weighted by molar-refractivity contribution is 7.10. The molecule has 1 rings (SSSR count). The van der Waals surface area contributed by atoms with Crippen LogP contribution in [0.2, 0.25) is 0 Å². The van der Waals surface area contributed by atoms with Gasteiger partial charge in [0.2, 0.25) is 0 Å². The van der Waals surface area contributed by atoms with Crippen LogP contribution in [0.4, 0.5) is 0 Å². The lowest BCUT2D eigenvalue weighted by Crippen LogP contribution is -2.38. The minimum atomic E-state index is -0.231. The Kier molecular flexibility index (Phi) is 5.98. The Bertz CT molecular complexity index is 271. The van der Waals surface area contributed by atoms with Gasteiger partial charge in [-0.3, -0.25) is 0 Å². The number of rotatable bonds is 7. The maximum atomic E-state index is 9.09. The third-order valence-electron chi connectivity index (χ3n) is 2.47. The summed E-state index contributed by atoms with van der Waals surface area (Å²) in [6.45, 7) is 4.29. The van der Waals surface area contributed by atoms with Gasteiger partial charge >= 0.3 is 0 Å². The molecule has 3 N–H and O–H groups in total. The van der Waals surface area contributed by atoms with Crippen molar-refractivity contribution in [2.45, 2.75) is 32.4 Å². The van der Waals surface area contributed by atoms with Gasteiger partial charge in [0.1, 0.15) is 0 Å². The summed E-state index contributed by atoms with van der Waals surface area (Å²) < 4.78 is 0. The fourth-order valence-electron chi connectivity index (χ4n) is 1.67. The Labute approximate surface area is 101 Å². The van der Waals surface area contributed by atoms with Crippen LogP contribution in [0.15, 0.2) is 17.5 Å². The molecule has 0 saturated heterocycles. The van der Waals surface area contributed by atoms with E-state index in [2.05, 4.69) is 30.6 Å². The van der Waals surface area contributed by atoms with E-state index in [0.29, 0.717) is 5.92 Å². The Hall–Kier alpha value is -0.420. The van der Waals surface area contributed by atoms with Gasteiger partial charge in [0.25, 0.3) is 0 Å². The van der Waals surface area contributed by atoms with Crippen molar-refractivity contribution in [3.8, 4) is 0 Å². The molecule has 3 nitrogen and oxygen atoms in total. The summed E-state index contributed by atoms with van der Waals surface area (Å²) in [5.74, 6) is 0.581. The number of hydrogen-bond acceptors (Lipinski definition) is 4. The fourth-order valence-corrected chi connectivity index (χ4v) is 2.47. The van der Waals surface area contributed by atoms with Gasteiger partial charge in [0, 0.05) is 10.9 Å². The minimum absolute atomic E-state index is 0.0313. The second-order valence-electron chi connectivity index (χ2n) is 4.43. The summed E-state index contributed by atoms with van der Waals surface area (Å²) in [5.41, 5.74) is 0. The molecule has 0 bridgehead atoms. The molecular weight excluding hydrogens is 222 g/mol. The predicted molar refractivity (Wildman–Crippen MR) is 67.6 cm³/mol. The monoisotopic (exact) mass is 243 g/mol. The van der Waals surface area contributed by atoms with E-state index in [1.807, 2.05) is 6.07 Å². The van der Waals surface area contributed by atoms with Crippen LogP contribution in [0.3, 0.4) is 0 Å². The summed E-state index contributed by atoms with van der Waals surface area (Å²) >= 11 is 1.71. The molecule has 1 unspecified atom stereocenters. The molecule has 1 atom stereocenters. The number of aliphatic hydroxyl groups excluding tert-OH is 2. The zero-order valence-corrected chi connectivity index (χ0v) is 10.7. The molecule has 0 aliphatic heterocycles. The highest BCUT2D eigenvalue weighted by Gasteiger charge is 2.17. The summed E-state index contributed by atoms with van der Waals surface area (Å²) in [4.78, 5) is 1.26. The lowest BCUT2D eigenvalue weighted by molar-refractivity contribution is 0.158. The topological polar surface area (TPSA) is 52.5 Å². The predicted octanol–water partition coefficient (Wildman–Crippen LogP) is 1.78. The highest BCUT2D eigenvalue weighted by atomic mass is 32.1. The first-order chi connectivity index (χ1) is 7.67. The number of nitrogens with one attached hydrogen (secondary N) is 1. The molecule has 16 heavy (non-hydrogen) atoms. The van der Waals surface area contributed by atoms with Crippen LogP contribution in [0, 0.1) is 5.92 Å². The van der Waals surface area contributed by atoms with Crippen LogP contribution < -0.4 is 5.32 Å². The molecule has 0 aromatic carbocycles. The summed E-state index contributed by atoms with van der Waals surface area (Å²) in [6, 6.07) is 4.12. The van der Waals surface area contributed by atoms with Gasteiger partial charge < -0.3 is 15.5 Å². The zero-order valence-electron chi connectivity index (χ0n) is 9.89. The Morgan fingerprint density at radius 3 is 2.44 bits per heavy atom. The van der Waals surface area contributed by atoms with Gasteiger partial charge in [0.05, 0.1) is 19.3 Å². The second kappa shape index (κ2) is 7.01. The maximum Gasteiger partial charge on any atom is 0.0607 e. The van der Waals surface area contributed by atoms with Crippen molar-refractivity contribution in [1.29, 1.82) is 0 Å². The molecule has 0 fully saturated rings. The maximum absolute atomic E-state index is 9.09. The molecule has 4 heteroatoms. The summed E-state index contributed by atoms with van der Waals surface area (Å²) in [5, 5.41) is 23.5. The van der Waals surface area contributed by atoms with E-state index in [0.717, 1.165) is 6.42 Å². The normalized spacial score (nSPS) is 13.6. The van der Waals surface area contributed by atoms with Gasteiger partial charge in [0.15, 0.2) is 0 Å². The van der Waals surface area contributed by atoms with Gasteiger partial charge in [-0.25, -0.2) is 0 Å². The number of aliphatic hydroxyl groups is 2. The van der Waals surface area contributed by atoms with E-state index in [4.69, 9.17) is 10.2 Å². The number of thiophene rings is 1. The molecule has 0 aliphatic carbocycles. The van der Waals surface area contributed by atoms with E-state index in [-0.39, 0.29) is 25.3 Å². The number of hydrogen-bond donors (Lipinski definition) is 3. The summed E-state index contributed by atoms with van der Waals surface area (Å²) in [7, 11) is 0. The SMILES string of the molecule is CC(C)CC(NC(CO)CO)c1cccs1. The van der Waals surface area contributed by atoms with Gasteiger partial charge in [-0.15, -0.1) is 11.3 Å². The van der Waals surface area contributed by atoms with Crippen LogP contribution in [0.5, 0.6) is 0 Å². The average molecular weight is 243 g/mol. The van der Waals surface area contributed by atoms with Crippen molar-refractivity contribution in [2.75, 3.05) is 13.2 Å². The third kappa shape index (κ3) is 4.22. The van der Waals surface area contributed by atoms with E-state index >= 15 is 0 Å². The van der Waals surface area contributed by atoms with Crippen LogP contribution in [-0.4, -0.2) is 29.5 Å². The first kappa shape index (κ1) is 13.6. The van der Waals surface area contributed by atoms with Gasteiger partial charge in [-0.05, 0) is 23.8 Å². The Morgan fingerprint density at radius 2 is 2.00 bits per heavy atom. The highest BCUT2D eigenvalue weighted by Crippen LogP contribution is 2.25. The molecule has 0 amide bonds. The van der Waals surface area contributed by atoms with Crippen molar-refractivity contribution < 1.29 is 10.2 Å². The largest absolute Gasteiger partial charge is 0.395 e. The van der Waals surface area contributed by atoms with E-state index in [1.54, 1.807) is 11.3 Å². The zero-order chi connectivity index (χ0) is 12.0. The molecule has 0 aliphatic rings. The fraction of sp³-hybridized carbons (Fsp3) is 0.667. The molecule has 1 aromatic heterocycles. The van der Waals surface area contributed by atoms with Crippen LogP contribution in [0.25, 0.3) is 0 Å². The van der Waals surface area contributed by atoms with Crippen molar-refractivity contribution >= 4 is 11.3 Å². The average Bonchev–Trinajstić information content (AvgIpc) is 2.76. The van der Waals surface area contributed by atoms with Crippen LogP contribution >= 0.6 is 11.3 Å². The lowest BCUT2D eigenvalue weighted by atomic mass is 10.0. The van der Waals surface area contributed by atoms with E-state index in [1.165, 1.54) is 4.88 Å². The van der Waals surface area contributed by atoms with Gasteiger partial charge in [-0.1, -0.05) is 19.9 Å². The minimum Gasteiger partial charge on any atom is -0.395 e. The van der Waals surface area contributed by atoms with Crippen LogP contribution in [0.1, 0.15) is 31.2 Å². The molecule has 0 saturated carbocycles. The standard InChI is InChI=1S/C12H21NO2S/c1-9(2)6-11(12-4-3-5-16-12)13-10(7-14)8-15/h3-5,9-11,13-15H,6-8H2,1-2H3. The van der Waals surface area contributed by atoms with Crippen molar-refractivity contribution in [1.82, 2.24) is 5.32 Å². The molecule has 92 valence electrons. The van der Waals surface area contributed by atoms with E-state index in [9.17, 15) is 0 Å². The van der Waals surface area contributed by atoms with Crippen molar-refractivity contribution in [2.24, 2.45) is 5.92 Å². The second-order valence-corrected chi connectivity index (χ2v) is 5.41. The van der Waals surface area contributed by atoms with Crippen molar-refractivity contribution in [3.05, 3.63) is 22.4 Å². The van der Waals surface area contributed by atoms with Gasteiger partial charge in [-0.2, -0.15) is 0 Å². The third-order valence-corrected chi connectivity index (χ3v) is 3.46. The quantitative estimate of drug-likeness (QED) is 0.684. The van der Waals surface area contributed by atoms with E-state index < -0.39 is 0 Å². The molecule has 1 aromatic rings. The molecule has 1 heterocycles. The Balaban J connectivity index is 2.64. The molecular formula is C12H21NO2S. The first-order valence-electron chi connectivity index (χ1n) is 5.68. The smallest absolute Gasteiger partial charge is 0.0607 e. The van der Waals surface area contributed by atoms with Crippen molar-refractivity contribution in [3.63, 3.8) is 0 Å². The molecule has 0 radical (unpaired) electrons. The van der Waals surface area contributed by atoms with Crippen LogP contribution in [-0.2, 0) is 0 Å². The first-order valence-corrected chi connectivity index (χ1v) is 6.56.